The number of nitrogens with zero attached hydrogens (tertiary/aromatic N) is 3. The van der Waals surface area contributed by atoms with Crippen LogP contribution < -0.4 is 5.32 Å². The molecule has 2 aromatic carbocycles. The first kappa shape index (κ1) is 21.6. The van der Waals surface area contributed by atoms with Gasteiger partial charge >= 0.3 is 0 Å². The average Bonchev–Trinajstić information content (AvgIpc) is 3.25. The highest BCUT2D eigenvalue weighted by Crippen LogP contribution is 2.17. The van der Waals surface area contributed by atoms with Gasteiger partial charge in [0.2, 0.25) is 5.91 Å². The van der Waals surface area contributed by atoms with E-state index >= 15 is 0 Å². The number of ether oxygens (including phenoxy) is 1. The van der Waals surface area contributed by atoms with E-state index in [-0.39, 0.29) is 12.0 Å². The van der Waals surface area contributed by atoms with Gasteiger partial charge in [-0.15, -0.1) is 0 Å². The lowest BCUT2D eigenvalue weighted by atomic mass is 10.2. The summed E-state index contributed by atoms with van der Waals surface area (Å²) in [4.78, 5) is 19.2. The number of nitrogens with one attached hydrogen (secondary N) is 1. The van der Waals surface area contributed by atoms with E-state index in [9.17, 15) is 4.79 Å². The third-order valence-corrected chi connectivity index (χ3v) is 6.21. The minimum atomic E-state index is 0.00282. The summed E-state index contributed by atoms with van der Waals surface area (Å²) in [6.45, 7) is 4.62. The van der Waals surface area contributed by atoms with Gasteiger partial charge in [0, 0.05) is 45.1 Å². The van der Waals surface area contributed by atoms with E-state index in [0.717, 1.165) is 31.3 Å². The van der Waals surface area contributed by atoms with Gasteiger partial charge in [-0.25, -0.2) is 4.98 Å². The van der Waals surface area contributed by atoms with Gasteiger partial charge in [-0.2, -0.15) is 0 Å². The zero-order chi connectivity index (χ0) is 21.3. The fourth-order valence-electron chi connectivity index (χ4n) is 3.63. The van der Waals surface area contributed by atoms with E-state index in [1.54, 1.807) is 6.20 Å². The van der Waals surface area contributed by atoms with Gasteiger partial charge in [0.05, 0.1) is 18.5 Å². The van der Waals surface area contributed by atoms with Crippen LogP contribution in [-0.2, 0) is 22.6 Å². The van der Waals surface area contributed by atoms with Crippen LogP contribution in [-0.4, -0.2) is 58.5 Å². The molecule has 1 aliphatic heterocycles. The molecule has 0 bridgehead atoms. The van der Waals surface area contributed by atoms with Gasteiger partial charge in [-0.1, -0.05) is 72.4 Å². The zero-order valence-electron chi connectivity index (χ0n) is 17.5. The van der Waals surface area contributed by atoms with E-state index < -0.39 is 0 Å². The fraction of sp³-hybridized carbons (Fsp3) is 0.333. The van der Waals surface area contributed by atoms with Crippen LogP contribution in [0.3, 0.4) is 0 Å². The van der Waals surface area contributed by atoms with Crippen molar-refractivity contribution in [2.75, 3.05) is 32.0 Å². The van der Waals surface area contributed by atoms with Crippen LogP contribution in [0.15, 0.2) is 78.2 Å². The van der Waals surface area contributed by atoms with Crippen LogP contribution in [0.2, 0.25) is 0 Å². The molecule has 0 saturated carbocycles. The van der Waals surface area contributed by atoms with Gasteiger partial charge in [0.15, 0.2) is 5.16 Å². The average molecular weight is 437 g/mol. The van der Waals surface area contributed by atoms with E-state index in [1.807, 2.05) is 30.5 Å². The number of rotatable bonds is 9. The number of carbonyl (C=O) groups is 1. The molecule has 162 valence electrons. The lowest BCUT2D eigenvalue weighted by Gasteiger charge is -2.33. The third-order valence-electron chi connectivity index (χ3n) is 5.20. The number of imidazole rings is 1. The molecule has 1 fully saturated rings. The van der Waals surface area contributed by atoms with Gasteiger partial charge in [-0.05, 0) is 11.1 Å². The minimum Gasteiger partial charge on any atom is -0.374 e. The van der Waals surface area contributed by atoms with Crippen LogP contribution in [0.25, 0.3) is 0 Å². The predicted octanol–water partition coefficient (Wildman–Crippen LogP) is 3.04. The zero-order valence-corrected chi connectivity index (χ0v) is 18.3. The Labute approximate surface area is 187 Å². The SMILES string of the molecule is O=C(CSc1nccn1Cc1ccccc1)NCC1CN(Cc2ccccc2)CCO1. The minimum absolute atomic E-state index is 0.00282. The van der Waals surface area contributed by atoms with Crippen LogP contribution in [0, 0.1) is 0 Å². The van der Waals surface area contributed by atoms with E-state index in [4.69, 9.17) is 4.74 Å². The first-order valence-electron chi connectivity index (χ1n) is 10.6. The van der Waals surface area contributed by atoms with Gasteiger partial charge < -0.3 is 14.6 Å². The van der Waals surface area contributed by atoms with Crippen molar-refractivity contribution < 1.29 is 9.53 Å². The molecule has 31 heavy (non-hydrogen) atoms. The smallest absolute Gasteiger partial charge is 0.230 e. The Morgan fingerprint density at radius 2 is 1.77 bits per heavy atom. The monoisotopic (exact) mass is 436 g/mol. The standard InChI is InChI=1S/C24H28N4O2S/c29-23(19-31-24-25-11-12-28(24)17-21-9-5-2-6-10-21)26-15-22-18-27(13-14-30-22)16-20-7-3-1-4-8-20/h1-12,22H,13-19H2,(H,26,29). The highest BCUT2D eigenvalue weighted by atomic mass is 32.2. The van der Waals surface area contributed by atoms with Crippen molar-refractivity contribution in [3.63, 3.8) is 0 Å². The van der Waals surface area contributed by atoms with Crippen LogP contribution >= 0.6 is 11.8 Å². The maximum Gasteiger partial charge on any atom is 0.230 e. The Morgan fingerprint density at radius 1 is 1.06 bits per heavy atom. The van der Waals surface area contributed by atoms with Crippen molar-refractivity contribution >= 4 is 17.7 Å². The summed E-state index contributed by atoms with van der Waals surface area (Å²) in [6.07, 6.45) is 3.75. The highest BCUT2D eigenvalue weighted by Gasteiger charge is 2.21. The molecule has 1 unspecified atom stereocenters. The molecule has 4 rings (SSSR count). The van der Waals surface area contributed by atoms with E-state index in [0.29, 0.717) is 18.9 Å². The number of hydrogen-bond donors (Lipinski definition) is 1. The number of hydrogen-bond acceptors (Lipinski definition) is 5. The molecule has 2 heterocycles. The molecule has 7 heteroatoms. The molecule has 0 aliphatic carbocycles. The maximum atomic E-state index is 12.4. The van der Waals surface area contributed by atoms with Crippen molar-refractivity contribution in [1.29, 1.82) is 0 Å². The Bertz CT molecular complexity index is 948. The van der Waals surface area contributed by atoms with Crippen molar-refractivity contribution in [2.45, 2.75) is 24.3 Å². The molecular weight excluding hydrogens is 408 g/mol. The number of thioether (sulfide) groups is 1. The van der Waals surface area contributed by atoms with Crippen molar-refractivity contribution in [1.82, 2.24) is 19.8 Å². The van der Waals surface area contributed by atoms with Crippen LogP contribution in [0.4, 0.5) is 0 Å². The second-order valence-electron chi connectivity index (χ2n) is 7.63. The number of benzene rings is 2. The van der Waals surface area contributed by atoms with Crippen molar-refractivity contribution in [3.05, 3.63) is 84.2 Å². The molecule has 6 nitrogen and oxygen atoms in total. The summed E-state index contributed by atoms with van der Waals surface area (Å²) >= 11 is 1.46. The van der Waals surface area contributed by atoms with Crippen LogP contribution in [0.5, 0.6) is 0 Å². The molecule has 1 aromatic heterocycles. The number of morpholine rings is 1. The summed E-state index contributed by atoms with van der Waals surface area (Å²) in [7, 11) is 0. The molecule has 1 atom stereocenters. The molecule has 1 aliphatic rings. The lowest BCUT2D eigenvalue weighted by Crippen LogP contribution is -2.47. The van der Waals surface area contributed by atoms with Gasteiger partial charge in [0.25, 0.3) is 0 Å². The maximum absolute atomic E-state index is 12.4. The molecule has 1 amide bonds. The Hall–Kier alpha value is -2.61. The van der Waals surface area contributed by atoms with Crippen molar-refractivity contribution in [2.24, 2.45) is 0 Å². The van der Waals surface area contributed by atoms with E-state index in [1.165, 1.54) is 22.9 Å². The number of aromatic nitrogens is 2. The molecule has 3 aromatic rings. The molecular formula is C24H28N4O2S. The third kappa shape index (κ3) is 6.69. The van der Waals surface area contributed by atoms with E-state index in [2.05, 4.69) is 56.2 Å². The molecule has 0 radical (unpaired) electrons. The second kappa shape index (κ2) is 11.1. The first-order chi connectivity index (χ1) is 15.3. The Morgan fingerprint density at radius 3 is 2.52 bits per heavy atom. The predicted molar refractivity (Wildman–Crippen MR) is 123 cm³/mol. The molecule has 0 spiro atoms. The quantitative estimate of drug-likeness (QED) is 0.523. The number of carbonyl (C=O) groups excluding carboxylic acids is 1. The summed E-state index contributed by atoms with van der Waals surface area (Å²) in [5.41, 5.74) is 2.51. The summed E-state index contributed by atoms with van der Waals surface area (Å²) in [5, 5.41) is 3.87. The molecule has 1 N–H and O–H groups in total. The molecule has 1 saturated heterocycles. The van der Waals surface area contributed by atoms with Crippen LogP contribution in [0.1, 0.15) is 11.1 Å². The fourth-order valence-corrected chi connectivity index (χ4v) is 4.42. The number of amides is 1. The summed E-state index contributed by atoms with van der Waals surface area (Å²) in [5.74, 6) is 0.342. The normalized spacial score (nSPS) is 16.8. The first-order valence-corrected chi connectivity index (χ1v) is 11.6. The Kier molecular flexibility index (Phi) is 7.76. The Balaban J connectivity index is 1.20. The van der Waals surface area contributed by atoms with Crippen molar-refractivity contribution in [3.8, 4) is 0 Å². The topological polar surface area (TPSA) is 59.4 Å². The highest BCUT2D eigenvalue weighted by molar-refractivity contribution is 7.99. The summed E-state index contributed by atoms with van der Waals surface area (Å²) < 4.78 is 7.92. The second-order valence-corrected chi connectivity index (χ2v) is 8.57. The summed E-state index contributed by atoms with van der Waals surface area (Å²) in [6, 6.07) is 20.7. The van der Waals surface area contributed by atoms with Gasteiger partial charge in [0.1, 0.15) is 0 Å². The lowest BCUT2D eigenvalue weighted by molar-refractivity contribution is -0.119. The largest absolute Gasteiger partial charge is 0.374 e. The van der Waals surface area contributed by atoms with Gasteiger partial charge in [-0.3, -0.25) is 9.69 Å².